The van der Waals surface area contributed by atoms with E-state index in [2.05, 4.69) is 37.4 Å². The van der Waals surface area contributed by atoms with E-state index in [9.17, 15) is 29.4 Å². The van der Waals surface area contributed by atoms with E-state index in [0.29, 0.717) is 47.8 Å². The van der Waals surface area contributed by atoms with Gasteiger partial charge in [0.25, 0.3) is 5.56 Å². The Morgan fingerprint density at radius 1 is 1.01 bits per heavy atom. The summed E-state index contributed by atoms with van der Waals surface area (Å²) in [5, 5.41) is 31.6. The molecule has 0 spiro atoms. The molecule has 2 aromatic carbocycles. The van der Waals surface area contributed by atoms with Gasteiger partial charge >= 0.3 is 0 Å². The third-order valence-corrected chi connectivity index (χ3v) is 15.0. The van der Waals surface area contributed by atoms with Gasteiger partial charge in [0, 0.05) is 50.6 Å². The van der Waals surface area contributed by atoms with Crippen molar-refractivity contribution in [1.29, 1.82) is 0 Å². The van der Waals surface area contributed by atoms with Crippen molar-refractivity contribution >= 4 is 57.4 Å². The number of allylic oxidation sites excluding steroid dienone is 1. The van der Waals surface area contributed by atoms with Crippen LogP contribution in [-0.4, -0.2) is 100 Å². The summed E-state index contributed by atoms with van der Waals surface area (Å²) in [6.45, 7) is 16.3. The van der Waals surface area contributed by atoms with Crippen LogP contribution in [0.4, 0.5) is 17.3 Å². The minimum Gasteiger partial charge on any atom is -0.391 e. The highest BCUT2D eigenvalue weighted by Gasteiger charge is 2.45. The van der Waals surface area contributed by atoms with Crippen molar-refractivity contribution in [2.45, 2.75) is 129 Å². The van der Waals surface area contributed by atoms with Gasteiger partial charge < -0.3 is 36.0 Å². The van der Waals surface area contributed by atoms with Crippen LogP contribution < -0.4 is 26.4 Å². The summed E-state index contributed by atoms with van der Waals surface area (Å²) in [6.07, 6.45) is 6.76. The molecule has 380 valence electrons. The molecule has 4 aromatic heterocycles. The Labute approximate surface area is 424 Å². The van der Waals surface area contributed by atoms with Crippen LogP contribution in [0.5, 0.6) is 0 Å². The second-order valence-corrected chi connectivity index (χ2v) is 21.1. The number of hydrogen-bond donors (Lipinski definition) is 5. The number of aliphatic hydroxyl groups excluding tert-OH is 1. The van der Waals surface area contributed by atoms with E-state index in [1.807, 2.05) is 115 Å². The van der Waals surface area contributed by atoms with Gasteiger partial charge in [0.1, 0.15) is 23.1 Å². The van der Waals surface area contributed by atoms with E-state index < -0.39 is 29.2 Å². The molecule has 1 aliphatic carbocycles. The van der Waals surface area contributed by atoms with Gasteiger partial charge in [0.15, 0.2) is 11.5 Å². The average molecular weight is 998 g/mol. The number of nitrogens with one attached hydrogen (secondary N) is 3. The number of β-amino-alcohol motifs (C(OH)–C–C–N with tert-alkyl or cyclic N) is 1. The van der Waals surface area contributed by atoms with Gasteiger partial charge in [-0.25, -0.2) is 24.3 Å². The van der Waals surface area contributed by atoms with E-state index in [0.717, 1.165) is 64.4 Å². The fourth-order valence-electron chi connectivity index (χ4n) is 9.73. The second kappa shape index (κ2) is 21.5. The number of fused-ring (bicyclic) bond motifs is 2. The minimum absolute atomic E-state index is 0.00551. The van der Waals surface area contributed by atoms with Gasteiger partial charge in [-0.15, -0.1) is 17.9 Å². The molecule has 17 nitrogen and oxygen atoms in total. The monoisotopic (exact) mass is 997 g/mol. The fourth-order valence-corrected chi connectivity index (χ4v) is 10.5. The van der Waals surface area contributed by atoms with Gasteiger partial charge in [-0.3, -0.25) is 19.2 Å². The van der Waals surface area contributed by atoms with Crippen LogP contribution in [0.15, 0.2) is 89.8 Å². The maximum absolute atomic E-state index is 14.2. The van der Waals surface area contributed by atoms with E-state index in [4.69, 9.17) is 9.97 Å². The molecule has 0 unspecified atom stereocenters. The second-order valence-electron chi connectivity index (χ2n) is 20.3. The molecule has 0 bridgehead atoms. The lowest BCUT2D eigenvalue weighted by Gasteiger charge is -2.35. The van der Waals surface area contributed by atoms with Crippen molar-refractivity contribution in [2.75, 3.05) is 30.4 Å². The number of aryl methyl sites for hydroxylation is 2. The number of nitrogens with zero attached hydrogens (tertiary/aromatic N) is 8. The number of carbonyl (C=O) groups is 3. The Morgan fingerprint density at radius 3 is 2.44 bits per heavy atom. The summed E-state index contributed by atoms with van der Waals surface area (Å²) in [7, 11) is 2.01. The molecule has 0 saturated carbocycles. The molecule has 5 heterocycles. The highest BCUT2D eigenvalue weighted by atomic mass is 32.1. The van der Waals surface area contributed by atoms with Gasteiger partial charge in [0.2, 0.25) is 23.7 Å². The van der Waals surface area contributed by atoms with E-state index in [-0.39, 0.29) is 55.3 Å². The summed E-state index contributed by atoms with van der Waals surface area (Å²) in [5.74, 6) is -0.203. The molecular weight excluding hydrogens is 931 g/mol. The number of carbonyl (C=O) groups excluding carboxylic acids is 3. The first-order valence-electron chi connectivity index (χ1n) is 24.9. The summed E-state index contributed by atoms with van der Waals surface area (Å²) >= 11 is 1.58. The molecule has 1 saturated heterocycles. The quantitative estimate of drug-likeness (QED) is 0.0401. The smallest absolute Gasteiger partial charge is 0.278 e. The maximum Gasteiger partial charge on any atom is 0.278 e. The fraction of sp³-hybridized carbons (Fsp3) is 0.444. The van der Waals surface area contributed by atoms with E-state index in [1.165, 1.54) is 15.8 Å². The number of anilines is 3. The first-order chi connectivity index (χ1) is 34.4. The Hall–Kier alpha value is -6.76. The van der Waals surface area contributed by atoms with Crippen molar-refractivity contribution < 1.29 is 24.6 Å². The van der Waals surface area contributed by atoms with Crippen molar-refractivity contribution in [3.8, 4) is 16.3 Å². The predicted molar refractivity (Wildman–Crippen MR) is 281 cm³/mol. The number of thiazole rings is 1. The SMILES string of the molecule is C=CCn1c(=O)c2cnc(Nc3ccc(N(C)CCCCCC(=O)N[C@H](C(=O)N4C[C@H](O)C[C@H]4C(=O)N[C@@H](C)c4ccc(-c5scnc5C)cc4)C(C)(C)C)cc3)nc2n1-c1ccc2c(n1)[C@@](O)(CC)CC2. The molecule has 1 aliphatic heterocycles. The number of rotatable bonds is 19. The number of pyridine rings is 1. The number of amides is 3. The standard InChI is InChI=1S/C54H67N11O6S/c1-9-27-64-50(69)41-30-55-52(61-48(41)65(64)43-24-19-37-25-26-54(71,10-2)46(37)59-43)58-38-20-22-39(23-21-38)62(8)28-13-11-12-14-44(67)60-47(53(5,6)7)51(70)63-31-40(66)29-42(63)49(68)57-33(3)35-15-17-36(18-16-35)45-34(4)56-32-72-45/h9,15-24,30,32-33,40,42,47,66,71H,1,10-14,25-29,31H2,2-8H3,(H,57,68)(H,60,67)(H,55,58,61)/t33-,40+,42-,47+,54+/m0/s1. The average Bonchev–Trinajstić information content (AvgIpc) is 4.13. The number of unbranched alkanes of at least 4 members (excludes halogenated alkanes) is 2. The Bertz CT molecular complexity index is 3000. The van der Waals surface area contributed by atoms with Crippen LogP contribution in [-0.2, 0) is 33.0 Å². The first kappa shape index (κ1) is 51.6. The molecule has 18 heteroatoms. The van der Waals surface area contributed by atoms with Crippen LogP contribution in [0.3, 0.4) is 0 Å². The largest absolute Gasteiger partial charge is 0.391 e. The van der Waals surface area contributed by atoms with Gasteiger partial charge in [-0.2, -0.15) is 4.98 Å². The first-order valence-corrected chi connectivity index (χ1v) is 25.8. The van der Waals surface area contributed by atoms with Crippen LogP contribution in [0.1, 0.15) is 108 Å². The number of benzene rings is 2. The summed E-state index contributed by atoms with van der Waals surface area (Å²) in [4.78, 5) is 78.0. The van der Waals surface area contributed by atoms with Crippen LogP contribution >= 0.6 is 11.3 Å². The molecule has 5 N–H and O–H groups in total. The molecule has 5 atom stereocenters. The normalized spacial score (nSPS) is 18.4. The molecular formula is C54H67N11O6S. The Kier molecular flexibility index (Phi) is 15.4. The maximum atomic E-state index is 14.2. The van der Waals surface area contributed by atoms with Crippen molar-refractivity contribution in [1.82, 2.24) is 44.8 Å². The number of aromatic nitrogens is 6. The zero-order valence-corrected chi connectivity index (χ0v) is 43.1. The highest BCUT2D eigenvalue weighted by Crippen LogP contribution is 2.39. The van der Waals surface area contributed by atoms with Gasteiger partial charge in [-0.1, -0.05) is 70.5 Å². The van der Waals surface area contributed by atoms with Crippen LogP contribution in [0, 0.1) is 12.3 Å². The molecule has 6 aromatic rings. The van der Waals surface area contributed by atoms with Crippen LogP contribution in [0.25, 0.3) is 27.3 Å². The molecule has 8 rings (SSSR count). The van der Waals surface area contributed by atoms with Gasteiger partial charge in [-0.05, 0) is 98.4 Å². The Balaban J connectivity index is 0.822. The van der Waals surface area contributed by atoms with Gasteiger partial charge in [0.05, 0.1) is 40.5 Å². The lowest BCUT2D eigenvalue weighted by atomic mass is 9.85. The third-order valence-electron chi connectivity index (χ3n) is 14.0. The highest BCUT2D eigenvalue weighted by molar-refractivity contribution is 7.13. The zero-order chi connectivity index (χ0) is 51.5. The Morgan fingerprint density at radius 2 is 1.76 bits per heavy atom. The minimum atomic E-state index is -1.02. The molecule has 0 radical (unpaired) electrons. The summed E-state index contributed by atoms with van der Waals surface area (Å²) in [6, 6.07) is 17.5. The van der Waals surface area contributed by atoms with E-state index in [1.54, 1.807) is 22.1 Å². The lowest BCUT2D eigenvalue weighted by Crippen LogP contribution is -2.57. The molecule has 2 aliphatic rings. The number of hydrogen-bond acceptors (Lipinski definition) is 13. The topological polar surface area (TPSA) is 213 Å². The summed E-state index contributed by atoms with van der Waals surface area (Å²) in [5.41, 5.74) is 6.56. The van der Waals surface area contributed by atoms with Crippen molar-refractivity contribution in [2.24, 2.45) is 5.41 Å². The lowest BCUT2D eigenvalue weighted by molar-refractivity contribution is -0.144. The molecule has 72 heavy (non-hydrogen) atoms. The molecule has 1 fully saturated rings. The van der Waals surface area contributed by atoms with E-state index >= 15 is 0 Å². The van der Waals surface area contributed by atoms with Crippen LogP contribution in [0.2, 0.25) is 0 Å². The van der Waals surface area contributed by atoms with Crippen molar-refractivity contribution in [3.05, 3.63) is 118 Å². The van der Waals surface area contributed by atoms with Crippen molar-refractivity contribution in [3.63, 3.8) is 0 Å². The number of aliphatic hydroxyl groups is 2. The zero-order valence-electron chi connectivity index (χ0n) is 42.3. The third kappa shape index (κ3) is 11.0. The number of likely N-dealkylation sites (tertiary alicyclic amines) is 1. The summed E-state index contributed by atoms with van der Waals surface area (Å²) < 4.78 is 3.19. The predicted octanol–water partition coefficient (Wildman–Crippen LogP) is 7.25. The molecule has 3 amide bonds.